The quantitative estimate of drug-likeness (QED) is 0.767. The van der Waals surface area contributed by atoms with Crippen LogP contribution in [0.2, 0.25) is 0 Å². The fourth-order valence-electron chi connectivity index (χ4n) is 1.60. The van der Waals surface area contributed by atoms with Crippen LogP contribution in [0.5, 0.6) is 0 Å². The molecule has 5 heteroatoms. The lowest BCUT2D eigenvalue weighted by atomic mass is 10.3. The van der Waals surface area contributed by atoms with Gasteiger partial charge in [0.05, 0.1) is 0 Å². The van der Waals surface area contributed by atoms with Crippen molar-refractivity contribution in [1.82, 2.24) is 19.9 Å². The summed E-state index contributed by atoms with van der Waals surface area (Å²) in [6, 6.07) is 4.52. The monoisotopic (exact) mass is 233 g/mol. The van der Waals surface area contributed by atoms with E-state index >= 15 is 0 Å². The Labute approximate surface area is 101 Å². The molecule has 0 aliphatic carbocycles. The molecular weight excluding hydrogens is 214 g/mol. The molecule has 0 spiro atoms. The molecule has 0 atom stereocenters. The molecule has 0 radical (unpaired) electrons. The molecule has 0 saturated carbocycles. The summed E-state index contributed by atoms with van der Waals surface area (Å²) in [4.78, 5) is 4.38. The summed E-state index contributed by atoms with van der Waals surface area (Å²) in [6.45, 7) is 8.04. The average molecular weight is 233 g/mol. The van der Waals surface area contributed by atoms with Gasteiger partial charge in [0.15, 0.2) is 5.65 Å². The predicted molar refractivity (Wildman–Crippen MR) is 69.4 cm³/mol. The number of aromatic nitrogens is 3. The Morgan fingerprint density at radius 2 is 2.12 bits per heavy atom. The van der Waals surface area contributed by atoms with Gasteiger partial charge >= 0.3 is 0 Å². The first kappa shape index (κ1) is 11.9. The second kappa shape index (κ2) is 5.14. The van der Waals surface area contributed by atoms with E-state index in [4.69, 9.17) is 0 Å². The topological polar surface area (TPSA) is 54.2 Å². The van der Waals surface area contributed by atoms with Crippen molar-refractivity contribution in [2.24, 2.45) is 0 Å². The van der Waals surface area contributed by atoms with Crippen LogP contribution in [-0.4, -0.2) is 33.7 Å². The molecule has 0 aliphatic heterocycles. The summed E-state index contributed by atoms with van der Waals surface area (Å²) in [5.41, 5.74) is 2.05. The minimum absolute atomic E-state index is 0.508. The molecule has 2 N–H and O–H groups in total. The van der Waals surface area contributed by atoms with Gasteiger partial charge < -0.3 is 10.6 Å². The van der Waals surface area contributed by atoms with E-state index in [9.17, 15) is 0 Å². The lowest BCUT2D eigenvalue weighted by Crippen LogP contribution is -2.28. The average Bonchev–Trinajstić information content (AvgIpc) is 2.66. The smallest absolute Gasteiger partial charge is 0.243 e. The third-order valence-corrected chi connectivity index (χ3v) is 2.44. The van der Waals surface area contributed by atoms with Crippen LogP contribution in [0.15, 0.2) is 18.3 Å². The minimum atomic E-state index is 0.508. The Morgan fingerprint density at radius 1 is 1.29 bits per heavy atom. The Kier molecular flexibility index (Phi) is 3.58. The van der Waals surface area contributed by atoms with Crippen LogP contribution in [0, 0.1) is 6.92 Å². The van der Waals surface area contributed by atoms with Gasteiger partial charge in [-0.1, -0.05) is 19.9 Å². The third kappa shape index (κ3) is 3.17. The maximum absolute atomic E-state index is 4.38. The van der Waals surface area contributed by atoms with Gasteiger partial charge in [0.25, 0.3) is 0 Å². The van der Waals surface area contributed by atoms with Crippen molar-refractivity contribution < 1.29 is 0 Å². The molecule has 0 aromatic carbocycles. The fourth-order valence-corrected chi connectivity index (χ4v) is 1.60. The highest BCUT2D eigenvalue weighted by molar-refractivity contribution is 5.44. The highest BCUT2D eigenvalue weighted by Gasteiger charge is 2.02. The fraction of sp³-hybridized carbons (Fsp3) is 0.500. The molecule has 0 bridgehead atoms. The number of nitrogens with zero attached hydrogens (tertiary/aromatic N) is 3. The normalized spacial score (nSPS) is 11.3. The summed E-state index contributed by atoms with van der Waals surface area (Å²) in [7, 11) is 0. The molecule has 0 aliphatic rings. The number of hydrogen-bond acceptors (Lipinski definition) is 4. The minimum Gasteiger partial charge on any atom is -0.352 e. The molecular formula is C12H19N5. The summed E-state index contributed by atoms with van der Waals surface area (Å²) in [5, 5.41) is 10.9. The van der Waals surface area contributed by atoms with Crippen LogP contribution in [0.4, 0.5) is 5.95 Å². The molecule has 92 valence electrons. The highest BCUT2D eigenvalue weighted by Crippen LogP contribution is 2.06. The molecule has 17 heavy (non-hydrogen) atoms. The summed E-state index contributed by atoms with van der Waals surface area (Å²) < 4.78 is 1.80. The number of nitrogens with one attached hydrogen (secondary N) is 2. The van der Waals surface area contributed by atoms with E-state index < -0.39 is 0 Å². The number of hydrogen-bond donors (Lipinski definition) is 2. The SMILES string of the molecule is Cc1ccc2nc(NCCNC(C)C)nn2c1. The second-order valence-electron chi connectivity index (χ2n) is 4.48. The van der Waals surface area contributed by atoms with Crippen LogP contribution in [0.1, 0.15) is 19.4 Å². The number of pyridine rings is 1. The number of fused-ring (bicyclic) bond motifs is 1. The van der Waals surface area contributed by atoms with Crippen molar-refractivity contribution in [3.63, 3.8) is 0 Å². The molecule has 0 unspecified atom stereocenters. The Bertz CT molecular complexity index is 489. The lowest BCUT2D eigenvalue weighted by molar-refractivity contribution is 0.601. The van der Waals surface area contributed by atoms with Crippen LogP contribution in [0.3, 0.4) is 0 Å². The maximum atomic E-state index is 4.38. The molecule has 2 heterocycles. The van der Waals surface area contributed by atoms with E-state index in [2.05, 4.69) is 34.6 Å². The number of rotatable bonds is 5. The van der Waals surface area contributed by atoms with Gasteiger partial charge in [0.2, 0.25) is 5.95 Å². The first-order valence-electron chi connectivity index (χ1n) is 5.95. The molecule has 0 amide bonds. The zero-order valence-corrected chi connectivity index (χ0v) is 10.6. The van der Waals surface area contributed by atoms with E-state index in [1.165, 1.54) is 5.56 Å². The van der Waals surface area contributed by atoms with Crippen LogP contribution in [-0.2, 0) is 0 Å². The van der Waals surface area contributed by atoms with Crippen LogP contribution >= 0.6 is 0 Å². The van der Waals surface area contributed by atoms with E-state index in [0.29, 0.717) is 12.0 Å². The van der Waals surface area contributed by atoms with E-state index in [0.717, 1.165) is 18.7 Å². The highest BCUT2D eigenvalue weighted by atomic mass is 15.3. The molecule has 0 fully saturated rings. The van der Waals surface area contributed by atoms with E-state index in [1.54, 1.807) is 4.52 Å². The summed E-state index contributed by atoms with van der Waals surface area (Å²) >= 11 is 0. The largest absolute Gasteiger partial charge is 0.352 e. The van der Waals surface area contributed by atoms with E-state index in [-0.39, 0.29) is 0 Å². The molecule has 0 saturated heterocycles. The Balaban J connectivity index is 1.95. The van der Waals surface area contributed by atoms with Crippen molar-refractivity contribution >= 4 is 11.6 Å². The standard InChI is InChI=1S/C12H19N5/c1-9(2)13-6-7-14-12-15-11-5-4-10(3)8-17(11)16-12/h4-5,8-9,13H,6-7H2,1-3H3,(H,14,16). The van der Waals surface area contributed by atoms with Gasteiger partial charge in [-0.05, 0) is 18.6 Å². The van der Waals surface area contributed by atoms with E-state index in [1.807, 2.05) is 25.3 Å². The Morgan fingerprint density at radius 3 is 2.88 bits per heavy atom. The summed E-state index contributed by atoms with van der Waals surface area (Å²) in [6.07, 6.45) is 1.97. The zero-order chi connectivity index (χ0) is 12.3. The van der Waals surface area contributed by atoms with Crippen LogP contribution < -0.4 is 10.6 Å². The van der Waals surface area contributed by atoms with Gasteiger partial charge in [-0.2, -0.15) is 4.98 Å². The van der Waals surface area contributed by atoms with Gasteiger partial charge in [-0.15, -0.1) is 5.10 Å². The zero-order valence-electron chi connectivity index (χ0n) is 10.6. The lowest BCUT2D eigenvalue weighted by Gasteiger charge is -2.07. The maximum Gasteiger partial charge on any atom is 0.243 e. The number of aryl methyl sites for hydroxylation is 1. The first-order chi connectivity index (χ1) is 8.15. The first-order valence-corrected chi connectivity index (χ1v) is 5.95. The third-order valence-electron chi connectivity index (χ3n) is 2.44. The molecule has 2 rings (SSSR count). The summed E-state index contributed by atoms with van der Waals surface area (Å²) in [5.74, 6) is 0.682. The van der Waals surface area contributed by atoms with Crippen molar-refractivity contribution in [1.29, 1.82) is 0 Å². The van der Waals surface area contributed by atoms with Crippen molar-refractivity contribution in [2.75, 3.05) is 18.4 Å². The van der Waals surface area contributed by atoms with Gasteiger partial charge in [0, 0.05) is 25.3 Å². The molecule has 5 nitrogen and oxygen atoms in total. The van der Waals surface area contributed by atoms with Crippen molar-refractivity contribution in [2.45, 2.75) is 26.8 Å². The van der Waals surface area contributed by atoms with Gasteiger partial charge in [-0.25, -0.2) is 4.52 Å². The van der Waals surface area contributed by atoms with Crippen molar-refractivity contribution in [3.8, 4) is 0 Å². The van der Waals surface area contributed by atoms with Crippen molar-refractivity contribution in [3.05, 3.63) is 23.9 Å². The van der Waals surface area contributed by atoms with Crippen LogP contribution in [0.25, 0.3) is 5.65 Å². The second-order valence-corrected chi connectivity index (χ2v) is 4.48. The molecule has 2 aromatic heterocycles. The van der Waals surface area contributed by atoms with Gasteiger partial charge in [-0.3, -0.25) is 0 Å². The number of anilines is 1. The predicted octanol–water partition coefficient (Wildman–Crippen LogP) is 1.45. The van der Waals surface area contributed by atoms with Gasteiger partial charge in [0.1, 0.15) is 0 Å². The molecule has 2 aromatic rings. The Hall–Kier alpha value is -1.62.